The Morgan fingerprint density at radius 3 is 2.59 bits per heavy atom. The molecule has 3 aromatic rings. The minimum Gasteiger partial charge on any atom is -0.465 e. The van der Waals surface area contributed by atoms with Gasteiger partial charge >= 0.3 is 6.09 Å². The molecule has 2 amide bonds. The summed E-state index contributed by atoms with van der Waals surface area (Å²) in [5, 5.41) is 15.4. The van der Waals surface area contributed by atoms with E-state index in [1.54, 1.807) is 0 Å². The second-order valence-electron chi connectivity index (χ2n) is 7.52. The zero-order valence-electron chi connectivity index (χ0n) is 15.9. The third-order valence-corrected chi connectivity index (χ3v) is 5.44. The quantitative estimate of drug-likeness (QED) is 0.424. The Kier molecular flexibility index (Phi) is 5.22. The van der Waals surface area contributed by atoms with E-state index in [1.165, 1.54) is 0 Å². The van der Waals surface area contributed by atoms with Gasteiger partial charge in [-0.05, 0) is 48.6 Å². The van der Waals surface area contributed by atoms with Crippen LogP contribution in [0.2, 0.25) is 0 Å². The number of carboxylic acid groups (broad SMARTS) is 1. The molecule has 3 unspecified atom stereocenters. The smallest absolute Gasteiger partial charge is 0.405 e. The lowest BCUT2D eigenvalue weighted by atomic mass is 10.0. The summed E-state index contributed by atoms with van der Waals surface area (Å²) in [5.41, 5.74) is 9.74. The van der Waals surface area contributed by atoms with E-state index in [0.29, 0.717) is 24.4 Å². The summed E-state index contributed by atoms with van der Waals surface area (Å²) in [6.07, 6.45) is 2.60. The van der Waals surface area contributed by atoms with Crippen molar-refractivity contribution in [3.8, 4) is 0 Å². The molecule has 1 saturated carbocycles. The molecule has 0 spiro atoms. The Hall–Kier alpha value is -3.32. The van der Waals surface area contributed by atoms with E-state index in [9.17, 15) is 9.59 Å². The molecule has 4 rings (SSSR count). The number of rotatable bonds is 7. The van der Waals surface area contributed by atoms with Gasteiger partial charge in [-0.2, -0.15) is 0 Å². The van der Waals surface area contributed by atoms with Crippen LogP contribution in [0.15, 0.2) is 54.7 Å². The average Bonchev–Trinajstić information content (AvgIpc) is 3.30. The number of anilines is 1. The van der Waals surface area contributed by atoms with Crippen molar-refractivity contribution in [1.29, 1.82) is 0 Å². The number of aromatic amines is 1. The average molecular weight is 392 g/mol. The topological polar surface area (TPSA) is 120 Å². The van der Waals surface area contributed by atoms with Gasteiger partial charge in [0.15, 0.2) is 0 Å². The Balaban J connectivity index is 1.41. The lowest BCUT2D eigenvalue weighted by molar-refractivity contribution is -0.118. The van der Waals surface area contributed by atoms with Gasteiger partial charge in [-0.15, -0.1) is 0 Å². The van der Waals surface area contributed by atoms with E-state index in [-0.39, 0.29) is 11.9 Å². The minimum atomic E-state index is -1.22. The number of nitrogens with two attached hydrogens (primary N) is 1. The molecule has 7 nitrogen and oxygen atoms in total. The number of H-pyrrole nitrogens is 1. The second-order valence-corrected chi connectivity index (χ2v) is 7.52. The summed E-state index contributed by atoms with van der Waals surface area (Å²) in [4.78, 5) is 27.1. The third-order valence-electron chi connectivity index (χ3n) is 5.44. The van der Waals surface area contributed by atoms with Crippen molar-refractivity contribution in [2.75, 3.05) is 5.32 Å². The number of aromatic nitrogens is 1. The van der Waals surface area contributed by atoms with E-state index in [1.807, 2.05) is 54.7 Å². The number of benzene rings is 2. The molecular weight excluding hydrogens is 368 g/mol. The lowest BCUT2D eigenvalue weighted by Crippen LogP contribution is -2.43. The zero-order chi connectivity index (χ0) is 20.4. The summed E-state index contributed by atoms with van der Waals surface area (Å²) >= 11 is 0. The van der Waals surface area contributed by atoms with Crippen LogP contribution in [0.5, 0.6) is 0 Å². The Labute approximate surface area is 168 Å². The maximum absolute atomic E-state index is 12.7. The SMILES string of the molecule is NC1CC1c1ccc(NC(=O)C(CCc2c[nH]c3ccccc23)NC(=O)O)cc1. The minimum absolute atomic E-state index is 0.226. The van der Waals surface area contributed by atoms with Crippen LogP contribution >= 0.6 is 0 Å². The van der Waals surface area contributed by atoms with Gasteiger partial charge in [0.25, 0.3) is 0 Å². The molecule has 7 heteroatoms. The standard InChI is InChI=1S/C22H24N4O3/c23-18-11-17(18)13-5-8-15(9-6-13)25-21(27)20(26-22(28)29)10-7-14-12-24-19-4-2-1-3-16(14)19/h1-6,8-9,12,17-18,20,24,26H,7,10-11,23H2,(H,25,27)(H,28,29). The fourth-order valence-corrected chi connectivity index (χ4v) is 3.70. The van der Waals surface area contributed by atoms with Gasteiger partial charge < -0.3 is 26.5 Å². The molecule has 3 atom stereocenters. The Bertz CT molecular complexity index is 1030. The summed E-state index contributed by atoms with van der Waals surface area (Å²) in [5.74, 6) is 0.0282. The molecular formula is C22H24N4O3. The van der Waals surface area contributed by atoms with Gasteiger partial charge in [-0.25, -0.2) is 4.79 Å². The number of amides is 2. The van der Waals surface area contributed by atoms with Crippen LogP contribution in [0, 0.1) is 0 Å². The first-order chi connectivity index (χ1) is 14.0. The maximum atomic E-state index is 12.7. The highest BCUT2D eigenvalue weighted by Gasteiger charge is 2.34. The number of carbonyl (C=O) groups excluding carboxylic acids is 1. The van der Waals surface area contributed by atoms with Crippen molar-refractivity contribution in [2.45, 2.75) is 37.3 Å². The second kappa shape index (κ2) is 7.97. The van der Waals surface area contributed by atoms with Gasteiger partial charge in [0.05, 0.1) is 0 Å². The number of hydrogen-bond donors (Lipinski definition) is 5. The van der Waals surface area contributed by atoms with Crippen molar-refractivity contribution in [3.05, 3.63) is 65.9 Å². The molecule has 0 aliphatic heterocycles. The molecule has 29 heavy (non-hydrogen) atoms. The summed E-state index contributed by atoms with van der Waals surface area (Å²) < 4.78 is 0. The molecule has 1 aliphatic carbocycles. The Morgan fingerprint density at radius 1 is 1.17 bits per heavy atom. The molecule has 1 aromatic heterocycles. The van der Waals surface area contributed by atoms with Crippen molar-refractivity contribution in [2.24, 2.45) is 5.73 Å². The molecule has 2 aromatic carbocycles. The first-order valence-corrected chi connectivity index (χ1v) is 9.72. The van der Waals surface area contributed by atoms with E-state index < -0.39 is 12.1 Å². The monoisotopic (exact) mass is 392 g/mol. The molecule has 0 radical (unpaired) electrons. The number of para-hydroxylation sites is 1. The van der Waals surface area contributed by atoms with Crippen LogP contribution in [0.3, 0.4) is 0 Å². The highest BCUT2D eigenvalue weighted by atomic mass is 16.4. The number of hydrogen-bond acceptors (Lipinski definition) is 3. The van der Waals surface area contributed by atoms with Crippen molar-refractivity contribution >= 4 is 28.6 Å². The van der Waals surface area contributed by atoms with E-state index in [2.05, 4.69) is 15.6 Å². The molecule has 1 heterocycles. The first kappa shape index (κ1) is 19.0. The Morgan fingerprint density at radius 2 is 1.90 bits per heavy atom. The number of nitrogens with one attached hydrogen (secondary N) is 3. The molecule has 1 aliphatic rings. The van der Waals surface area contributed by atoms with Gasteiger partial charge in [-0.3, -0.25) is 4.79 Å². The summed E-state index contributed by atoms with van der Waals surface area (Å²) in [7, 11) is 0. The fraction of sp³-hybridized carbons (Fsp3) is 0.273. The van der Waals surface area contributed by atoms with Crippen molar-refractivity contribution in [1.82, 2.24) is 10.3 Å². The van der Waals surface area contributed by atoms with Crippen molar-refractivity contribution in [3.63, 3.8) is 0 Å². The van der Waals surface area contributed by atoms with Crippen LogP contribution in [0.1, 0.15) is 29.9 Å². The summed E-state index contributed by atoms with van der Waals surface area (Å²) in [6, 6.07) is 14.8. The van der Waals surface area contributed by atoms with E-state index in [0.717, 1.165) is 28.5 Å². The van der Waals surface area contributed by atoms with Gasteiger partial charge in [0, 0.05) is 34.7 Å². The van der Waals surface area contributed by atoms with E-state index >= 15 is 0 Å². The van der Waals surface area contributed by atoms with Crippen LogP contribution in [0.25, 0.3) is 10.9 Å². The molecule has 0 saturated heterocycles. The zero-order valence-corrected chi connectivity index (χ0v) is 15.9. The number of fused-ring (bicyclic) bond motifs is 1. The predicted molar refractivity (Wildman–Crippen MR) is 112 cm³/mol. The molecule has 150 valence electrons. The first-order valence-electron chi connectivity index (χ1n) is 9.72. The molecule has 0 bridgehead atoms. The van der Waals surface area contributed by atoms with Crippen LogP contribution in [0.4, 0.5) is 10.5 Å². The summed E-state index contributed by atoms with van der Waals surface area (Å²) in [6.45, 7) is 0. The lowest BCUT2D eigenvalue weighted by Gasteiger charge is -2.17. The van der Waals surface area contributed by atoms with Crippen LogP contribution < -0.4 is 16.4 Å². The largest absolute Gasteiger partial charge is 0.465 e. The highest BCUT2D eigenvalue weighted by Crippen LogP contribution is 2.39. The van der Waals surface area contributed by atoms with E-state index in [4.69, 9.17) is 10.8 Å². The molecule has 6 N–H and O–H groups in total. The van der Waals surface area contributed by atoms with Crippen molar-refractivity contribution < 1.29 is 14.7 Å². The maximum Gasteiger partial charge on any atom is 0.405 e. The predicted octanol–water partition coefficient (Wildman–Crippen LogP) is 3.19. The highest BCUT2D eigenvalue weighted by molar-refractivity contribution is 5.96. The van der Waals surface area contributed by atoms with Gasteiger partial charge in [-0.1, -0.05) is 30.3 Å². The number of carbonyl (C=O) groups is 2. The van der Waals surface area contributed by atoms with Crippen LogP contribution in [-0.2, 0) is 11.2 Å². The number of aryl methyl sites for hydroxylation is 1. The third kappa shape index (κ3) is 4.41. The van der Waals surface area contributed by atoms with Crippen LogP contribution in [-0.4, -0.2) is 34.2 Å². The molecule has 1 fully saturated rings. The van der Waals surface area contributed by atoms with Gasteiger partial charge in [0.2, 0.25) is 5.91 Å². The van der Waals surface area contributed by atoms with Gasteiger partial charge in [0.1, 0.15) is 6.04 Å². The normalized spacial score (nSPS) is 18.9. The fourth-order valence-electron chi connectivity index (χ4n) is 3.70.